The van der Waals surface area contributed by atoms with Crippen molar-refractivity contribution in [3.63, 3.8) is 0 Å². The van der Waals surface area contributed by atoms with Gasteiger partial charge in [-0.15, -0.1) is 0 Å². The van der Waals surface area contributed by atoms with Gasteiger partial charge in [0.1, 0.15) is 0 Å². The first-order chi connectivity index (χ1) is 7.07. The van der Waals surface area contributed by atoms with Crippen LogP contribution >= 0.6 is 12.2 Å². The molecule has 0 rings (SSSR count). The lowest BCUT2D eigenvalue weighted by Crippen LogP contribution is -2.39. The fourth-order valence-corrected chi connectivity index (χ4v) is 1.31. The molecular formula is C10H23N3OS. The molecule has 0 atom stereocenters. The van der Waals surface area contributed by atoms with Crippen LogP contribution in [0.2, 0.25) is 0 Å². The van der Waals surface area contributed by atoms with E-state index in [1.54, 1.807) is 7.11 Å². The molecule has 0 aliphatic carbocycles. The number of ether oxygens (including phenoxy) is 1. The van der Waals surface area contributed by atoms with Crippen LogP contribution in [0, 0.1) is 0 Å². The molecule has 90 valence electrons. The van der Waals surface area contributed by atoms with E-state index in [2.05, 4.69) is 29.2 Å². The molecule has 0 aliphatic rings. The van der Waals surface area contributed by atoms with E-state index in [4.69, 9.17) is 17.0 Å². The predicted molar refractivity (Wildman–Crippen MR) is 68.3 cm³/mol. The Morgan fingerprint density at radius 3 is 2.47 bits per heavy atom. The number of nitrogens with zero attached hydrogens (tertiary/aromatic N) is 2. The lowest BCUT2D eigenvalue weighted by molar-refractivity contribution is 0.203. The van der Waals surface area contributed by atoms with E-state index in [-0.39, 0.29) is 0 Å². The summed E-state index contributed by atoms with van der Waals surface area (Å²) in [7, 11) is 7.85. The summed E-state index contributed by atoms with van der Waals surface area (Å²) in [4.78, 5) is 4.24. The molecule has 4 nitrogen and oxygen atoms in total. The molecule has 15 heavy (non-hydrogen) atoms. The Labute approximate surface area is 98.6 Å². The summed E-state index contributed by atoms with van der Waals surface area (Å²) in [6.45, 7) is 3.53. The molecule has 0 unspecified atom stereocenters. The highest BCUT2D eigenvalue weighted by molar-refractivity contribution is 7.80. The van der Waals surface area contributed by atoms with E-state index in [1.807, 2.05) is 7.05 Å². The van der Waals surface area contributed by atoms with Crippen LogP contribution in [0.25, 0.3) is 0 Å². The molecule has 0 aromatic carbocycles. The van der Waals surface area contributed by atoms with Crippen LogP contribution in [0.5, 0.6) is 0 Å². The van der Waals surface area contributed by atoms with Crippen LogP contribution < -0.4 is 5.32 Å². The zero-order valence-corrected chi connectivity index (χ0v) is 11.1. The summed E-state index contributed by atoms with van der Waals surface area (Å²) < 4.78 is 4.94. The summed E-state index contributed by atoms with van der Waals surface area (Å²) in [5.41, 5.74) is 0. The Morgan fingerprint density at radius 2 is 1.93 bits per heavy atom. The van der Waals surface area contributed by atoms with Gasteiger partial charge in [0.05, 0.1) is 6.61 Å². The molecule has 0 saturated heterocycles. The van der Waals surface area contributed by atoms with Crippen LogP contribution in [0.4, 0.5) is 0 Å². The van der Waals surface area contributed by atoms with Gasteiger partial charge < -0.3 is 19.9 Å². The molecule has 0 radical (unpaired) electrons. The van der Waals surface area contributed by atoms with E-state index in [0.29, 0.717) is 6.61 Å². The van der Waals surface area contributed by atoms with Crippen molar-refractivity contribution >= 4 is 17.3 Å². The van der Waals surface area contributed by atoms with E-state index in [9.17, 15) is 0 Å². The van der Waals surface area contributed by atoms with E-state index in [1.165, 1.54) is 0 Å². The molecule has 0 aromatic rings. The van der Waals surface area contributed by atoms with Gasteiger partial charge in [0.2, 0.25) is 0 Å². The topological polar surface area (TPSA) is 27.7 Å². The highest BCUT2D eigenvalue weighted by Crippen LogP contribution is 1.90. The average molecular weight is 233 g/mol. The summed E-state index contributed by atoms with van der Waals surface area (Å²) in [5.74, 6) is 0. The third-order valence-corrected chi connectivity index (χ3v) is 2.48. The molecule has 5 heteroatoms. The van der Waals surface area contributed by atoms with Crippen molar-refractivity contribution in [2.75, 3.05) is 54.5 Å². The van der Waals surface area contributed by atoms with Crippen LogP contribution in [0.1, 0.15) is 6.42 Å². The van der Waals surface area contributed by atoms with Crippen LogP contribution in [0.3, 0.4) is 0 Å². The number of methoxy groups -OCH3 is 1. The molecule has 0 bridgehead atoms. The molecule has 0 aliphatic heterocycles. The molecular weight excluding hydrogens is 210 g/mol. The van der Waals surface area contributed by atoms with Gasteiger partial charge in [0, 0.05) is 27.2 Å². The Balaban J connectivity index is 3.51. The Morgan fingerprint density at radius 1 is 1.27 bits per heavy atom. The molecule has 0 saturated carbocycles. The van der Waals surface area contributed by atoms with Gasteiger partial charge in [-0.05, 0) is 39.3 Å². The van der Waals surface area contributed by atoms with Gasteiger partial charge in [-0.3, -0.25) is 0 Å². The fourth-order valence-electron chi connectivity index (χ4n) is 1.12. The van der Waals surface area contributed by atoms with Crippen molar-refractivity contribution < 1.29 is 4.74 Å². The third kappa shape index (κ3) is 8.59. The van der Waals surface area contributed by atoms with E-state index < -0.39 is 0 Å². The Bertz CT molecular complexity index is 176. The minimum atomic E-state index is 0.686. The molecule has 0 fully saturated rings. The van der Waals surface area contributed by atoms with Crippen molar-refractivity contribution in [2.24, 2.45) is 0 Å². The maximum absolute atomic E-state index is 5.21. The van der Waals surface area contributed by atoms with Crippen LogP contribution in [-0.2, 0) is 4.74 Å². The Hall–Kier alpha value is -0.390. The average Bonchev–Trinajstić information content (AvgIpc) is 2.17. The van der Waals surface area contributed by atoms with Gasteiger partial charge in [-0.2, -0.15) is 0 Å². The first-order valence-corrected chi connectivity index (χ1v) is 5.61. The second kappa shape index (κ2) is 8.88. The molecule has 0 spiro atoms. The van der Waals surface area contributed by atoms with Crippen molar-refractivity contribution in [3.8, 4) is 0 Å². The summed E-state index contributed by atoms with van der Waals surface area (Å²) >= 11 is 5.21. The number of thiocarbonyl (C=S) groups is 1. The normalized spacial score (nSPS) is 10.5. The first kappa shape index (κ1) is 14.6. The van der Waals surface area contributed by atoms with Gasteiger partial charge in [0.25, 0.3) is 0 Å². The maximum Gasteiger partial charge on any atom is 0.168 e. The predicted octanol–water partition coefficient (Wildman–Crippen LogP) is 0.391. The van der Waals surface area contributed by atoms with Crippen molar-refractivity contribution in [3.05, 3.63) is 0 Å². The fraction of sp³-hybridized carbons (Fsp3) is 0.900. The summed E-state index contributed by atoms with van der Waals surface area (Å²) in [6, 6.07) is 0. The molecule has 0 aromatic heterocycles. The molecule has 1 N–H and O–H groups in total. The lowest BCUT2D eigenvalue weighted by atomic mass is 10.4. The number of nitrogens with one attached hydrogen (secondary N) is 1. The van der Waals surface area contributed by atoms with Gasteiger partial charge in [-0.25, -0.2) is 0 Å². The molecule has 0 heterocycles. The highest BCUT2D eigenvalue weighted by atomic mass is 32.1. The van der Waals surface area contributed by atoms with Crippen LogP contribution in [0.15, 0.2) is 0 Å². The quantitative estimate of drug-likeness (QED) is 0.507. The van der Waals surface area contributed by atoms with E-state index in [0.717, 1.165) is 31.2 Å². The third-order valence-electron chi connectivity index (χ3n) is 2.03. The summed E-state index contributed by atoms with van der Waals surface area (Å²) in [6.07, 6.45) is 1.12. The highest BCUT2D eigenvalue weighted by Gasteiger charge is 2.02. The van der Waals surface area contributed by atoms with Gasteiger partial charge >= 0.3 is 0 Å². The van der Waals surface area contributed by atoms with Crippen molar-refractivity contribution in [1.82, 2.24) is 15.1 Å². The Kier molecular flexibility index (Phi) is 8.65. The minimum absolute atomic E-state index is 0.686. The molecule has 0 amide bonds. The number of hydrogen-bond donors (Lipinski definition) is 1. The zero-order valence-electron chi connectivity index (χ0n) is 10.2. The maximum atomic E-state index is 5.21. The second-order valence-corrected chi connectivity index (χ2v) is 4.19. The lowest BCUT2D eigenvalue weighted by Gasteiger charge is -2.21. The van der Waals surface area contributed by atoms with Crippen LogP contribution in [-0.4, -0.2) is 69.4 Å². The largest absolute Gasteiger partial charge is 0.383 e. The van der Waals surface area contributed by atoms with Crippen molar-refractivity contribution in [2.45, 2.75) is 6.42 Å². The van der Waals surface area contributed by atoms with Gasteiger partial charge in [0.15, 0.2) is 5.11 Å². The number of hydrogen-bond acceptors (Lipinski definition) is 3. The summed E-state index contributed by atoms with van der Waals surface area (Å²) in [5, 5.41) is 3.94. The second-order valence-electron chi connectivity index (χ2n) is 3.80. The monoisotopic (exact) mass is 233 g/mol. The van der Waals surface area contributed by atoms with Gasteiger partial charge in [-0.1, -0.05) is 0 Å². The number of rotatable bonds is 7. The smallest absolute Gasteiger partial charge is 0.168 e. The SMILES string of the molecule is COCCNC(=S)N(C)CCCN(C)C. The minimum Gasteiger partial charge on any atom is -0.383 e. The standard InChI is InChI=1S/C10H23N3OS/c1-12(2)7-5-8-13(3)10(15)11-6-9-14-4/h5-9H2,1-4H3,(H,11,15). The van der Waals surface area contributed by atoms with Crippen molar-refractivity contribution in [1.29, 1.82) is 0 Å². The van der Waals surface area contributed by atoms with E-state index >= 15 is 0 Å². The first-order valence-electron chi connectivity index (χ1n) is 5.20. The zero-order chi connectivity index (χ0) is 11.7.